The molecular weight excluding hydrogens is 394 g/mol. The first-order chi connectivity index (χ1) is 13.7. The zero-order valence-electron chi connectivity index (χ0n) is 16.4. The Bertz CT molecular complexity index is 854. The lowest BCUT2D eigenvalue weighted by Gasteiger charge is -2.41. The third kappa shape index (κ3) is 4.38. The van der Waals surface area contributed by atoms with E-state index in [2.05, 4.69) is 15.5 Å². The molecule has 3 heterocycles. The van der Waals surface area contributed by atoms with Crippen molar-refractivity contribution >= 4 is 24.2 Å². The number of hydrogen-bond acceptors (Lipinski definition) is 5. The lowest BCUT2D eigenvalue weighted by atomic mass is 10.0. The molecule has 0 bridgehead atoms. The number of methoxy groups -OCH3 is 1. The van der Waals surface area contributed by atoms with Gasteiger partial charge in [-0.2, -0.15) is 5.10 Å². The highest BCUT2D eigenvalue weighted by molar-refractivity contribution is 5.99. The van der Waals surface area contributed by atoms with Gasteiger partial charge in [-0.15, -0.1) is 12.4 Å². The average Bonchev–Trinajstić information content (AvgIpc) is 3.23. The number of nitrogens with one attached hydrogen (secondary N) is 2. The van der Waals surface area contributed by atoms with E-state index in [1.54, 1.807) is 13.3 Å². The molecule has 0 saturated carbocycles. The van der Waals surface area contributed by atoms with Crippen molar-refractivity contribution < 1.29 is 14.3 Å². The van der Waals surface area contributed by atoms with Crippen molar-refractivity contribution in [3.63, 3.8) is 0 Å². The van der Waals surface area contributed by atoms with Gasteiger partial charge in [0.15, 0.2) is 0 Å². The molecule has 4 rings (SSSR count). The van der Waals surface area contributed by atoms with Crippen molar-refractivity contribution in [2.24, 2.45) is 0 Å². The molecule has 29 heavy (non-hydrogen) atoms. The number of ether oxygens (including phenoxy) is 1. The summed E-state index contributed by atoms with van der Waals surface area (Å²) < 4.78 is 5.20. The van der Waals surface area contributed by atoms with Crippen LogP contribution < -0.4 is 10.1 Å². The van der Waals surface area contributed by atoms with Gasteiger partial charge in [-0.25, -0.2) is 0 Å². The fourth-order valence-electron chi connectivity index (χ4n) is 4.00. The number of piperazine rings is 1. The first-order valence-corrected chi connectivity index (χ1v) is 9.64. The number of amides is 2. The van der Waals surface area contributed by atoms with E-state index in [0.717, 1.165) is 30.7 Å². The fraction of sp³-hybridized carbons (Fsp3) is 0.450. The third-order valence-electron chi connectivity index (χ3n) is 5.50. The van der Waals surface area contributed by atoms with Crippen LogP contribution in [-0.2, 0) is 4.79 Å². The number of carbonyl (C=O) groups excluding carboxylic acids is 2. The lowest BCUT2D eigenvalue weighted by Crippen LogP contribution is -2.57. The molecule has 0 spiro atoms. The number of H-pyrrole nitrogens is 1. The van der Waals surface area contributed by atoms with Crippen LogP contribution in [0.3, 0.4) is 0 Å². The molecule has 2 saturated heterocycles. The Hall–Kier alpha value is -2.58. The summed E-state index contributed by atoms with van der Waals surface area (Å²) in [5.41, 5.74) is 2.14. The van der Waals surface area contributed by atoms with E-state index in [0.29, 0.717) is 37.4 Å². The van der Waals surface area contributed by atoms with Crippen LogP contribution in [0.25, 0.3) is 11.3 Å². The highest BCUT2D eigenvalue weighted by atomic mass is 35.5. The first kappa shape index (κ1) is 21.1. The van der Waals surface area contributed by atoms with E-state index in [-0.39, 0.29) is 30.3 Å². The van der Waals surface area contributed by atoms with Gasteiger partial charge in [-0.1, -0.05) is 0 Å². The molecule has 2 aromatic rings. The number of hydrogen-bond donors (Lipinski definition) is 2. The topological polar surface area (TPSA) is 90.6 Å². The zero-order valence-corrected chi connectivity index (χ0v) is 17.2. The molecule has 0 radical (unpaired) electrons. The van der Waals surface area contributed by atoms with Crippen LogP contribution in [0.1, 0.15) is 23.2 Å². The predicted octanol–water partition coefficient (Wildman–Crippen LogP) is 1.54. The minimum absolute atomic E-state index is 0. The fourth-order valence-corrected chi connectivity index (χ4v) is 4.00. The van der Waals surface area contributed by atoms with Gasteiger partial charge in [0.05, 0.1) is 31.1 Å². The number of nitrogens with zero attached hydrogens (tertiary/aromatic N) is 3. The SMILES string of the molecule is COc1ccc(-c2[nH]ncc2C(=O)N2CCCC(N3CCNCC3=O)C2)cc1.Cl. The van der Waals surface area contributed by atoms with Crippen LogP contribution in [0.15, 0.2) is 30.5 Å². The monoisotopic (exact) mass is 419 g/mol. The van der Waals surface area contributed by atoms with E-state index < -0.39 is 0 Å². The number of benzene rings is 1. The van der Waals surface area contributed by atoms with Gasteiger partial charge in [0.25, 0.3) is 5.91 Å². The van der Waals surface area contributed by atoms with E-state index in [9.17, 15) is 9.59 Å². The molecule has 2 aliphatic rings. The van der Waals surface area contributed by atoms with Crippen LogP contribution in [0.2, 0.25) is 0 Å². The molecule has 9 heteroatoms. The molecule has 2 N–H and O–H groups in total. The molecule has 156 valence electrons. The molecule has 0 aliphatic carbocycles. The number of likely N-dealkylation sites (tertiary alicyclic amines) is 1. The van der Waals surface area contributed by atoms with E-state index in [4.69, 9.17) is 4.74 Å². The standard InChI is InChI=1S/C20H25N5O3.ClH/c1-28-16-6-4-14(5-7-16)19-17(11-22-23-19)20(27)24-9-2-3-15(13-24)25-10-8-21-12-18(25)26;/h4-7,11,15,21H,2-3,8-10,12-13H2,1H3,(H,22,23);1H. The molecule has 1 aromatic heterocycles. The number of piperidine rings is 1. The summed E-state index contributed by atoms with van der Waals surface area (Å²) in [5, 5.41) is 10.2. The van der Waals surface area contributed by atoms with Crippen LogP contribution in [0.5, 0.6) is 5.75 Å². The minimum atomic E-state index is -0.0492. The maximum Gasteiger partial charge on any atom is 0.257 e. The van der Waals surface area contributed by atoms with Crippen molar-refractivity contribution in [2.75, 3.05) is 39.8 Å². The molecule has 2 amide bonds. The summed E-state index contributed by atoms with van der Waals surface area (Å²) in [7, 11) is 1.62. The number of aromatic nitrogens is 2. The van der Waals surface area contributed by atoms with E-state index in [1.807, 2.05) is 34.1 Å². The van der Waals surface area contributed by atoms with Crippen molar-refractivity contribution in [3.8, 4) is 17.0 Å². The normalized spacial score (nSPS) is 19.6. The van der Waals surface area contributed by atoms with Crippen LogP contribution >= 0.6 is 12.4 Å². The maximum atomic E-state index is 13.2. The maximum absolute atomic E-state index is 13.2. The van der Waals surface area contributed by atoms with Gasteiger partial charge in [-0.05, 0) is 37.1 Å². The van der Waals surface area contributed by atoms with Crippen LogP contribution in [-0.4, -0.2) is 77.7 Å². The quantitative estimate of drug-likeness (QED) is 0.784. The van der Waals surface area contributed by atoms with Gasteiger partial charge in [-0.3, -0.25) is 14.7 Å². The van der Waals surface area contributed by atoms with Crippen molar-refractivity contribution in [3.05, 3.63) is 36.0 Å². The minimum Gasteiger partial charge on any atom is -0.497 e. The van der Waals surface area contributed by atoms with Crippen LogP contribution in [0.4, 0.5) is 0 Å². The second-order valence-corrected chi connectivity index (χ2v) is 7.20. The molecular formula is C20H26ClN5O3. The van der Waals surface area contributed by atoms with Crippen molar-refractivity contribution in [1.82, 2.24) is 25.3 Å². The average molecular weight is 420 g/mol. The first-order valence-electron chi connectivity index (χ1n) is 9.64. The number of carbonyl (C=O) groups is 2. The molecule has 8 nitrogen and oxygen atoms in total. The van der Waals surface area contributed by atoms with Gasteiger partial charge < -0.3 is 19.9 Å². The molecule has 2 aliphatic heterocycles. The summed E-state index contributed by atoms with van der Waals surface area (Å²) in [6, 6.07) is 7.61. The summed E-state index contributed by atoms with van der Waals surface area (Å²) in [4.78, 5) is 29.2. The number of halogens is 1. The molecule has 1 unspecified atom stereocenters. The Kier molecular flexibility index (Phi) is 6.76. The predicted molar refractivity (Wildman–Crippen MR) is 111 cm³/mol. The zero-order chi connectivity index (χ0) is 19.5. The molecule has 1 atom stereocenters. The summed E-state index contributed by atoms with van der Waals surface area (Å²) >= 11 is 0. The van der Waals surface area contributed by atoms with Gasteiger partial charge in [0.1, 0.15) is 5.75 Å². The highest BCUT2D eigenvalue weighted by Gasteiger charge is 2.32. The van der Waals surface area contributed by atoms with Gasteiger partial charge in [0.2, 0.25) is 5.91 Å². The van der Waals surface area contributed by atoms with Gasteiger partial charge >= 0.3 is 0 Å². The van der Waals surface area contributed by atoms with Crippen molar-refractivity contribution in [1.29, 1.82) is 0 Å². The highest BCUT2D eigenvalue weighted by Crippen LogP contribution is 2.26. The largest absolute Gasteiger partial charge is 0.497 e. The Morgan fingerprint density at radius 3 is 2.76 bits per heavy atom. The number of rotatable bonds is 4. The van der Waals surface area contributed by atoms with Gasteiger partial charge in [0, 0.05) is 37.8 Å². The Balaban J connectivity index is 0.00000240. The van der Waals surface area contributed by atoms with Crippen molar-refractivity contribution in [2.45, 2.75) is 18.9 Å². The van der Waals surface area contributed by atoms with E-state index >= 15 is 0 Å². The van der Waals surface area contributed by atoms with Crippen LogP contribution in [0, 0.1) is 0 Å². The third-order valence-corrected chi connectivity index (χ3v) is 5.50. The van der Waals surface area contributed by atoms with E-state index in [1.165, 1.54) is 0 Å². The summed E-state index contributed by atoms with van der Waals surface area (Å²) in [5.74, 6) is 0.829. The molecule has 1 aromatic carbocycles. The summed E-state index contributed by atoms with van der Waals surface area (Å²) in [6.45, 7) is 3.16. The Morgan fingerprint density at radius 2 is 2.03 bits per heavy atom. The smallest absolute Gasteiger partial charge is 0.257 e. The Labute approximate surface area is 176 Å². The molecule has 2 fully saturated rings. The lowest BCUT2D eigenvalue weighted by molar-refractivity contribution is -0.135. The second kappa shape index (κ2) is 9.28. The Morgan fingerprint density at radius 1 is 1.24 bits per heavy atom. The summed E-state index contributed by atoms with van der Waals surface area (Å²) in [6.07, 6.45) is 3.41. The number of aromatic amines is 1. The second-order valence-electron chi connectivity index (χ2n) is 7.20.